The molecule has 0 aliphatic carbocycles. The molecule has 1 aliphatic heterocycles. The molecule has 0 aromatic heterocycles. The van der Waals surface area contributed by atoms with Crippen LogP contribution < -0.4 is 0 Å². The highest BCUT2D eigenvalue weighted by Gasteiger charge is 2.49. The number of non-ortho nitro benzene ring substituents is 1. The lowest BCUT2D eigenvalue weighted by atomic mass is 10.2. The third-order valence-electron chi connectivity index (χ3n) is 3.93. The number of aliphatic hydroxyl groups is 1. The van der Waals surface area contributed by atoms with Gasteiger partial charge in [-0.05, 0) is 39.3 Å². The fourth-order valence-corrected chi connectivity index (χ4v) is 4.47. The Morgan fingerprint density at radius 3 is 2.33 bits per heavy atom. The molecule has 27 heavy (non-hydrogen) atoms. The van der Waals surface area contributed by atoms with Crippen LogP contribution in [-0.4, -0.2) is 51.8 Å². The van der Waals surface area contributed by atoms with Crippen LogP contribution in [-0.2, 0) is 14.8 Å². The predicted octanol–water partition coefficient (Wildman–Crippen LogP) is 2.24. The highest BCUT2D eigenvalue weighted by atomic mass is 32.2. The minimum absolute atomic E-state index is 0.0297. The lowest BCUT2D eigenvalue weighted by Crippen LogP contribution is -2.51. The number of nitro groups is 1. The van der Waals surface area contributed by atoms with Crippen molar-refractivity contribution >= 4 is 21.8 Å². The zero-order chi connectivity index (χ0) is 20.6. The van der Waals surface area contributed by atoms with Crippen LogP contribution in [0.25, 0.3) is 0 Å². The van der Waals surface area contributed by atoms with Crippen molar-refractivity contribution in [1.82, 2.24) is 9.42 Å². The molecule has 1 aromatic rings. The van der Waals surface area contributed by atoms with Crippen molar-refractivity contribution in [2.24, 2.45) is 0 Å². The molecule has 0 radical (unpaired) electrons. The predicted molar refractivity (Wildman–Crippen MR) is 94.9 cm³/mol. The average molecular weight is 401 g/mol. The molecule has 1 heterocycles. The van der Waals surface area contributed by atoms with E-state index in [0.717, 1.165) is 28.7 Å². The van der Waals surface area contributed by atoms with Crippen molar-refractivity contribution in [2.45, 2.75) is 63.3 Å². The monoisotopic (exact) mass is 401 g/mol. The van der Waals surface area contributed by atoms with E-state index in [-0.39, 0.29) is 17.0 Å². The van der Waals surface area contributed by atoms with Crippen LogP contribution in [0.4, 0.5) is 10.5 Å². The standard InChI is InChI=1S/C16H23N3O7S/c1-5-11-10-14(20)17(15(21)26-16(2,3)4)18(11)27(24,25)13-8-6-12(7-9-13)19(22)23/h6-9,11,14,20H,5,10H2,1-4H3/t11-,14-/m1/s1. The summed E-state index contributed by atoms with van der Waals surface area (Å²) in [6, 6.07) is 3.67. The molecule has 1 amide bonds. The Kier molecular flexibility index (Phi) is 5.78. The van der Waals surface area contributed by atoms with Crippen LogP contribution in [0.5, 0.6) is 0 Å². The Morgan fingerprint density at radius 2 is 1.89 bits per heavy atom. The second-order valence-electron chi connectivity index (χ2n) is 7.13. The van der Waals surface area contributed by atoms with Gasteiger partial charge in [0.2, 0.25) is 0 Å². The number of sulfonamides is 1. The van der Waals surface area contributed by atoms with Gasteiger partial charge in [0.05, 0.1) is 15.9 Å². The minimum Gasteiger partial charge on any atom is -0.443 e. The Labute approximate surface area is 157 Å². The summed E-state index contributed by atoms with van der Waals surface area (Å²) < 4.78 is 32.3. The molecular formula is C16H23N3O7S. The van der Waals surface area contributed by atoms with Crippen molar-refractivity contribution in [3.8, 4) is 0 Å². The van der Waals surface area contributed by atoms with E-state index in [1.54, 1.807) is 27.7 Å². The number of ether oxygens (including phenoxy) is 1. The number of aliphatic hydroxyl groups excluding tert-OH is 1. The Morgan fingerprint density at radius 1 is 1.33 bits per heavy atom. The van der Waals surface area contributed by atoms with Crippen molar-refractivity contribution < 1.29 is 28.0 Å². The Bertz CT molecular complexity index is 817. The molecule has 0 spiro atoms. The number of carbonyl (C=O) groups excluding carboxylic acids is 1. The van der Waals surface area contributed by atoms with Crippen LogP contribution in [0.15, 0.2) is 29.2 Å². The van der Waals surface area contributed by atoms with Gasteiger partial charge >= 0.3 is 6.09 Å². The summed E-state index contributed by atoms with van der Waals surface area (Å²) in [5.74, 6) is 0. The molecule has 10 nitrogen and oxygen atoms in total. The number of nitrogens with zero attached hydrogens (tertiary/aromatic N) is 3. The van der Waals surface area contributed by atoms with Crippen LogP contribution in [0.2, 0.25) is 0 Å². The summed E-state index contributed by atoms with van der Waals surface area (Å²) >= 11 is 0. The second kappa shape index (κ2) is 7.41. The van der Waals surface area contributed by atoms with E-state index in [0.29, 0.717) is 11.4 Å². The average Bonchev–Trinajstić information content (AvgIpc) is 2.90. The summed E-state index contributed by atoms with van der Waals surface area (Å²) in [6.45, 7) is 6.60. The number of rotatable bonds is 4. The van der Waals surface area contributed by atoms with E-state index in [1.807, 2.05) is 0 Å². The molecule has 2 rings (SSSR count). The summed E-state index contributed by atoms with van der Waals surface area (Å²) in [5, 5.41) is 21.8. The number of hydrogen-bond donors (Lipinski definition) is 1. The van der Waals surface area contributed by atoms with Crippen LogP contribution in [0, 0.1) is 10.1 Å². The molecule has 0 bridgehead atoms. The van der Waals surface area contributed by atoms with Gasteiger partial charge in [-0.25, -0.2) is 13.2 Å². The third-order valence-corrected chi connectivity index (χ3v) is 5.77. The van der Waals surface area contributed by atoms with E-state index >= 15 is 0 Å². The molecule has 0 unspecified atom stereocenters. The molecule has 1 N–H and O–H groups in total. The third kappa shape index (κ3) is 4.37. The van der Waals surface area contributed by atoms with Gasteiger partial charge in [-0.1, -0.05) is 11.3 Å². The largest absolute Gasteiger partial charge is 0.443 e. The second-order valence-corrected chi connectivity index (χ2v) is 8.93. The van der Waals surface area contributed by atoms with Crippen LogP contribution in [0.1, 0.15) is 40.5 Å². The first-order valence-corrected chi connectivity index (χ1v) is 9.81. The molecule has 2 atom stereocenters. The molecule has 150 valence electrons. The molecule has 1 aliphatic rings. The summed E-state index contributed by atoms with van der Waals surface area (Å²) in [6.07, 6.45) is -1.97. The van der Waals surface area contributed by atoms with Gasteiger partial charge < -0.3 is 9.84 Å². The smallest absolute Gasteiger partial charge is 0.428 e. The highest BCUT2D eigenvalue weighted by molar-refractivity contribution is 7.89. The van der Waals surface area contributed by atoms with Crippen molar-refractivity contribution in [2.75, 3.05) is 0 Å². The number of amides is 1. The molecular weight excluding hydrogens is 378 g/mol. The lowest BCUT2D eigenvalue weighted by molar-refractivity contribution is -0.384. The maximum Gasteiger partial charge on any atom is 0.428 e. The van der Waals surface area contributed by atoms with Gasteiger partial charge in [0, 0.05) is 18.6 Å². The van der Waals surface area contributed by atoms with E-state index in [1.165, 1.54) is 0 Å². The number of benzene rings is 1. The maximum atomic E-state index is 13.1. The number of carbonyl (C=O) groups is 1. The topological polar surface area (TPSA) is 130 Å². The van der Waals surface area contributed by atoms with Crippen molar-refractivity contribution in [3.63, 3.8) is 0 Å². The molecule has 11 heteroatoms. The first-order chi connectivity index (χ1) is 12.4. The van der Waals surface area contributed by atoms with Gasteiger partial charge in [-0.3, -0.25) is 10.1 Å². The van der Waals surface area contributed by atoms with E-state index in [2.05, 4.69) is 0 Å². The highest BCUT2D eigenvalue weighted by Crippen LogP contribution is 2.33. The fourth-order valence-electron chi connectivity index (χ4n) is 2.73. The zero-order valence-corrected chi connectivity index (χ0v) is 16.3. The van der Waals surface area contributed by atoms with Crippen LogP contribution >= 0.6 is 0 Å². The quantitative estimate of drug-likeness (QED) is 0.605. The normalized spacial score (nSPS) is 21.3. The maximum absolute atomic E-state index is 13.1. The van der Waals surface area contributed by atoms with Crippen molar-refractivity contribution in [1.29, 1.82) is 0 Å². The zero-order valence-electron chi connectivity index (χ0n) is 15.5. The van der Waals surface area contributed by atoms with Gasteiger partial charge in [0.15, 0.2) is 0 Å². The summed E-state index contributed by atoms with van der Waals surface area (Å²) in [4.78, 5) is 22.4. The summed E-state index contributed by atoms with van der Waals surface area (Å²) in [5.41, 5.74) is -1.14. The van der Waals surface area contributed by atoms with E-state index < -0.39 is 38.9 Å². The fraction of sp³-hybridized carbons (Fsp3) is 0.562. The van der Waals surface area contributed by atoms with Crippen molar-refractivity contribution in [3.05, 3.63) is 34.4 Å². The SMILES string of the molecule is CC[C@@H]1C[C@@H](O)N(C(=O)OC(C)(C)C)N1S(=O)(=O)c1ccc([N+](=O)[O-])cc1. The lowest BCUT2D eigenvalue weighted by Gasteiger charge is -2.33. The van der Waals surface area contributed by atoms with Gasteiger partial charge in [0.1, 0.15) is 11.8 Å². The van der Waals surface area contributed by atoms with E-state index in [4.69, 9.17) is 4.74 Å². The number of hydrogen-bond acceptors (Lipinski definition) is 7. The first-order valence-electron chi connectivity index (χ1n) is 8.37. The number of nitro benzene ring substituents is 1. The Balaban J connectivity index is 2.45. The van der Waals surface area contributed by atoms with Gasteiger partial charge in [-0.15, -0.1) is 0 Å². The first kappa shape index (κ1) is 21.1. The Hall–Kier alpha value is -2.24. The van der Waals surface area contributed by atoms with Gasteiger partial charge in [0.25, 0.3) is 15.7 Å². The molecule has 1 aromatic carbocycles. The number of hydrazine groups is 1. The molecule has 1 fully saturated rings. The molecule has 1 saturated heterocycles. The summed E-state index contributed by atoms with van der Waals surface area (Å²) in [7, 11) is -4.25. The minimum atomic E-state index is -4.25. The molecule has 0 saturated carbocycles. The van der Waals surface area contributed by atoms with Gasteiger partial charge in [-0.2, -0.15) is 5.01 Å². The van der Waals surface area contributed by atoms with E-state index in [9.17, 15) is 28.4 Å². The van der Waals surface area contributed by atoms with Crippen LogP contribution in [0.3, 0.4) is 0 Å².